The third-order valence-electron chi connectivity index (χ3n) is 3.47. The molecule has 5 heteroatoms. The third kappa shape index (κ3) is 2.67. The molecule has 2 aromatic heterocycles. The summed E-state index contributed by atoms with van der Waals surface area (Å²) >= 11 is 1.73. The highest BCUT2D eigenvalue weighted by Gasteiger charge is 2.21. The van der Waals surface area contributed by atoms with Gasteiger partial charge in [0.05, 0.1) is 17.9 Å². The maximum atomic E-state index is 11.7. The fourth-order valence-corrected chi connectivity index (χ4v) is 3.12. The van der Waals surface area contributed by atoms with Crippen LogP contribution in [-0.4, -0.2) is 17.4 Å². The number of carbonyl (C=O) groups excluding carboxylic acids is 1. The van der Waals surface area contributed by atoms with E-state index in [1.807, 2.05) is 18.2 Å². The summed E-state index contributed by atoms with van der Waals surface area (Å²) in [5.74, 6) is 1.03. The van der Waals surface area contributed by atoms with E-state index in [-0.39, 0.29) is 11.9 Å². The number of amides is 1. The fourth-order valence-electron chi connectivity index (χ4n) is 2.38. The average molecular weight is 287 g/mol. The summed E-state index contributed by atoms with van der Waals surface area (Å²) in [6.07, 6.45) is 3.36. The molecule has 1 aliphatic rings. The van der Waals surface area contributed by atoms with Crippen molar-refractivity contribution in [3.63, 3.8) is 0 Å². The van der Waals surface area contributed by atoms with Gasteiger partial charge in [-0.3, -0.25) is 4.79 Å². The number of hydrogen-bond donors (Lipinski definition) is 1. The number of pyridine rings is 1. The molecule has 0 radical (unpaired) electrons. The van der Waals surface area contributed by atoms with Crippen LogP contribution in [0.15, 0.2) is 35.8 Å². The minimum Gasteiger partial charge on any atom is -0.363 e. The van der Waals surface area contributed by atoms with E-state index in [9.17, 15) is 4.79 Å². The lowest BCUT2D eigenvalue weighted by atomic mass is 10.2. The molecule has 1 saturated heterocycles. The van der Waals surface area contributed by atoms with Crippen molar-refractivity contribution in [2.24, 2.45) is 0 Å². The van der Waals surface area contributed by atoms with E-state index >= 15 is 0 Å². The minimum atomic E-state index is 0.194. The molecule has 4 nitrogen and oxygen atoms in total. The first kappa shape index (κ1) is 13.1. The van der Waals surface area contributed by atoms with Gasteiger partial charge >= 0.3 is 0 Å². The highest BCUT2D eigenvalue weighted by molar-refractivity contribution is 7.10. The van der Waals surface area contributed by atoms with Crippen LogP contribution in [0.1, 0.15) is 30.7 Å². The highest BCUT2D eigenvalue weighted by atomic mass is 32.1. The van der Waals surface area contributed by atoms with E-state index in [0.29, 0.717) is 6.42 Å². The number of carbonyl (C=O) groups is 1. The molecule has 3 heterocycles. The Morgan fingerprint density at radius 3 is 2.90 bits per heavy atom. The topological polar surface area (TPSA) is 45.2 Å². The first-order valence-corrected chi connectivity index (χ1v) is 7.68. The second-order valence-corrected chi connectivity index (χ2v) is 5.91. The van der Waals surface area contributed by atoms with Crippen LogP contribution in [0.25, 0.3) is 0 Å². The van der Waals surface area contributed by atoms with E-state index in [4.69, 9.17) is 0 Å². The predicted molar refractivity (Wildman–Crippen MR) is 82.2 cm³/mol. The minimum absolute atomic E-state index is 0.194. The number of nitrogens with one attached hydrogen (secondary N) is 1. The molecule has 0 aromatic carbocycles. The molecule has 1 atom stereocenters. The van der Waals surface area contributed by atoms with Crippen LogP contribution in [0, 0.1) is 0 Å². The van der Waals surface area contributed by atoms with Crippen molar-refractivity contribution < 1.29 is 4.79 Å². The van der Waals surface area contributed by atoms with Gasteiger partial charge in [0.15, 0.2) is 0 Å². The van der Waals surface area contributed by atoms with Crippen LogP contribution in [0.4, 0.5) is 11.5 Å². The van der Waals surface area contributed by atoms with Gasteiger partial charge in [-0.25, -0.2) is 4.98 Å². The smallest absolute Gasteiger partial charge is 0.227 e. The number of nitrogens with zero attached hydrogens (tertiary/aromatic N) is 2. The van der Waals surface area contributed by atoms with Gasteiger partial charge in [0, 0.05) is 17.8 Å². The number of rotatable bonds is 4. The second-order valence-electron chi connectivity index (χ2n) is 4.93. The van der Waals surface area contributed by atoms with Gasteiger partial charge < -0.3 is 10.2 Å². The van der Waals surface area contributed by atoms with E-state index < -0.39 is 0 Å². The quantitative estimate of drug-likeness (QED) is 0.937. The third-order valence-corrected chi connectivity index (χ3v) is 4.52. The van der Waals surface area contributed by atoms with Crippen LogP contribution in [0.5, 0.6) is 0 Å². The number of anilines is 2. The Kier molecular flexibility index (Phi) is 3.69. The van der Waals surface area contributed by atoms with Gasteiger partial charge in [-0.2, -0.15) is 0 Å². The van der Waals surface area contributed by atoms with Crippen molar-refractivity contribution in [1.82, 2.24) is 4.98 Å². The summed E-state index contributed by atoms with van der Waals surface area (Å²) in [6, 6.07) is 8.29. The molecule has 3 rings (SSSR count). The lowest BCUT2D eigenvalue weighted by Crippen LogP contribution is -2.23. The van der Waals surface area contributed by atoms with Gasteiger partial charge in [-0.05, 0) is 36.9 Å². The van der Waals surface area contributed by atoms with Crippen molar-refractivity contribution >= 4 is 28.7 Å². The highest BCUT2D eigenvalue weighted by Crippen LogP contribution is 2.24. The van der Waals surface area contributed by atoms with Crippen LogP contribution < -0.4 is 10.2 Å². The first-order chi connectivity index (χ1) is 9.74. The van der Waals surface area contributed by atoms with E-state index in [0.717, 1.165) is 24.5 Å². The Hall–Kier alpha value is -1.88. The van der Waals surface area contributed by atoms with Crippen molar-refractivity contribution in [2.45, 2.75) is 25.8 Å². The number of thiophene rings is 1. The van der Waals surface area contributed by atoms with Gasteiger partial charge in [0.1, 0.15) is 5.82 Å². The summed E-state index contributed by atoms with van der Waals surface area (Å²) in [6.45, 7) is 2.92. The Balaban J connectivity index is 1.68. The van der Waals surface area contributed by atoms with E-state index in [2.05, 4.69) is 28.7 Å². The molecule has 104 valence electrons. The van der Waals surface area contributed by atoms with Crippen LogP contribution in [-0.2, 0) is 4.79 Å². The lowest BCUT2D eigenvalue weighted by molar-refractivity contribution is -0.117. The van der Waals surface area contributed by atoms with Crippen molar-refractivity contribution in [3.8, 4) is 0 Å². The molecule has 0 bridgehead atoms. The van der Waals surface area contributed by atoms with Crippen LogP contribution in [0.3, 0.4) is 0 Å². The zero-order chi connectivity index (χ0) is 13.9. The van der Waals surface area contributed by atoms with Gasteiger partial charge in [-0.1, -0.05) is 6.07 Å². The molecule has 0 aliphatic carbocycles. The van der Waals surface area contributed by atoms with Gasteiger partial charge in [0.2, 0.25) is 5.91 Å². The number of aromatic nitrogens is 1. The summed E-state index contributed by atoms with van der Waals surface area (Å²) in [4.78, 5) is 19.2. The lowest BCUT2D eigenvalue weighted by Gasteiger charge is -2.17. The zero-order valence-electron chi connectivity index (χ0n) is 11.4. The molecule has 1 amide bonds. The Bertz CT molecular complexity index is 580. The summed E-state index contributed by atoms with van der Waals surface area (Å²) in [5.41, 5.74) is 0.891. The first-order valence-electron chi connectivity index (χ1n) is 6.80. The van der Waals surface area contributed by atoms with E-state index in [1.165, 1.54) is 4.88 Å². The van der Waals surface area contributed by atoms with Crippen LogP contribution >= 0.6 is 11.3 Å². The maximum absolute atomic E-state index is 11.7. The zero-order valence-corrected chi connectivity index (χ0v) is 12.2. The normalized spacial score (nSPS) is 16.4. The Morgan fingerprint density at radius 2 is 2.30 bits per heavy atom. The Morgan fingerprint density at radius 1 is 1.40 bits per heavy atom. The molecule has 2 aromatic rings. The van der Waals surface area contributed by atoms with Crippen LogP contribution in [0.2, 0.25) is 0 Å². The average Bonchev–Trinajstić information content (AvgIpc) is 3.11. The molecule has 1 aliphatic heterocycles. The molecular weight excluding hydrogens is 270 g/mol. The molecule has 0 saturated carbocycles. The standard InChI is InChI=1S/C15H17N3OS/c1-11(13-4-3-9-20-13)17-14-7-6-12(10-16-14)18-8-2-5-15(18)19/h3-4,6-7,9-11H,2,5,8H2,1H3,(H,16,17). The van der Waals surface area contributed by atoms with Crippen molar-refractivity contribution in [2.75, 3.05) is 16.8 Å². The summed E-state index contributed by atoms with van der Waals surface area (Å²) in [5, 5.41) is 5.44. The maximum Gasteiger partial charge on any atom is 0.227 e. The molecule has 1 unspecified atom stereocenters. The number of hydrogen-bond acceptors (Lipinski definition) is 4. The van der Waals surface area contributed by atoms with E-state index in [1.54, 1.807) is 22.4 Å². The molecule has 1 N–H and O–H groups in total. The Labute approximate surface area is 122 Å². The van der Waals surface area contributed by atoms with Crippen molar-refractivity contribution in [3.05, 3.63) is 40.7 Å². The largest absolute Gasteiger partial charge is 0.363 e. The fraction of sp³-hybridized carbons (Fsp3) is 0.333. The monoisotopic (exact) mass is 287 g/mol. The predicted octanol–water partition coefficient (Wildman–Crippen LogP) is 3.44. The molecule has 0 spiro atoms. The SMILES string of the molecule is CC(Nc1ccc(N2CCCC2=O)cn1)c1cccs1. The summed E-state index contributed by atoms with van der Waals surface area (Å²) in [7, 11) is 0. The molecular formula is C15H17N3OS. The summed E-state index contributed by atoms with van der Waals surface area (Å²) < 4.78 is 0. The van der Waals surface area contributed by atoms with Crippen molar-refractivity contribution in [1.29, 1.82) is 0 Å². The second kappa shape index (κ2) is 5.63. The molecule has 20 heavy (non-hydrogen) atoms. The van der Waals surface area contributed by atoms with Gasteiger partial charge in [0.25, 0.3) is 0 Å². The molecule has 1 fully saturated rings. The van der Waals surface area contributed by atoms with Gasteiger partial charge in [-0.15, -0.1) is 11.3 Å².